The first-order valence-electron chi connectivity index (χ1n) is 5.46. The van der Waals surface area contributed by atoms with Crippen molar-refractivity contribution in [2.45, 2.75) is 0 Å². The van der Waals surface area contributed by atoms with Crippen molar-refractivity contribution < 1.29 is 13.9 Å². The molecule has 0 fully saturated rings. The van der Waals surface area contributed by atoms with E-state index in [2.05, 4.69) is 5.32 Å². The van der Waals surface area contributed by atoms with Crippen molar-refractivity contribution in [1.82, 2.24) is 5.32 Å². The van der Waals surface area contributed by atoms with Crippen LogP contribution < -0.4 is 10.1 Å². The van der Waals surface area contributed by atoms with E-state index in [0.29, 0.717) is 23.9 Å². The minimum atomic E-state index is -0.261. The molecule has 0 saturated heterocycles. The van der Waals surface area contributed by atoms with Crippen LogP contribution in [0.4, 0.5) is 0 Å². The van der Waals surface area contributed by atoms with Crippen LogP contribution in [0.5, 0.6) is 5.75 Å². The number of carbonyl (C=O) groups excluding carboxylic acids is 1. The summed E-state index contributed by atoms with van der Waals surface area (Å²) in [5.41, 5.74) is 0. The molecule has 0 bridgehead atoms. The van der Waals surface area contributed by atoms with E-state index in [-0.39, 0.29) is 11.7 Å². The largest absolute Gasteiger partial charge is 0.490 e. The van der Waals surface area contributed by atoms with Gasteiger partial charge >= 0.3 is 0 Å². The molecule has 0 saturated carbocycles. The lowest BCUT2D eigenvalue weighted by Crippen LogP contribution is -2.27. The van der Waals surface area contributed by atoms with E-state index in [1.54, 1.807) is 24.3 Å². The SMILES string of the molecule is O=C(NCCOc1ccccc1Cl)c1ccco1. The van der Waals surface area contributed by atoms with Crippen LogP contribution in [-0.4, -0.2) is 19.1 Å². The highest BCUT2D eigenvalue weighted by molar-refractivity contribution is 6.32. The molecule has 0 atom stereocenters. The van der Waals surface area contributed by atoms with Crippen LogP contribution in [0.25, 0.3) is 0 Å². The van der Waals surface area contributed by atoms with Crippen molar-refractivity contribution in [3.05, 3.63) is 53.4 Å². The van der Waals surface area contributed by atoms with Crippen LogP contribution in [0.1, 0.15) is 10.6 Å². The van der Waals surface area contributed by atoms with Gasteiger partial charge in [-0.25, -0.2) is 0 Å². The zero-order valence-electron chi connectivity index (χ0n) is 9.56. The molecule has 1 aromatic carbocycles. The van der Waals surface area contributed by atoms with Crippen molar-refractivity contribution in [3.63, 3.8) is 0 Å². The Bertz CT molecular complexity index is 511. The highest BCUT2D eigenvalue weighted by Gasteiger charge is 2.07. The number of nitrogens with one attached hydrogen (secondary N) is 1. The molecule has 4 nitrogen and oxygen atoms in total. The standard InChI is InChI=1S/C13H12ClNO3/c14-10-4-1-2-5-11(10)18-9-7-15-13(16)12-6-3-8-17-12/h1-6,8H,7,9H2,(H,15,16). The average molecular weight is 266 g/mol. The van der Waals surface area contributed by atoms with Gasteiger partial charge in [0.15, 0.2) is 5.76 Å². The monoisotopic (exact) mass is 265 g/mol. The van der Waals surface area contributed by atoms with Crippen molar-refractivity contribution >= 4 is 17.5 Å². The lowest BCUT2D eigenvalue weighted by molar-refractivity contribution is 0.0919. The highest BCUT2D eigenvalue weighted by Crippen LogP contribution is 2.22. The third-order valence-electron chi connectivity index (χ3n) is 2.23. The maximum Gasteiger partial charge on any atom is 0.287 e. The van der Waals surface area contributed by atoms with Crippen LogP contribution in [0.2, 0.25) is 5.02 Å². The summed E-state index contributed by atoms with van der Waals surface area (Å²) in [5.74, 6) is 0.627. The molecule has 1 N–H and O–H groups in total. The van der Waals surface area contributed by atoms with Crippen molar-refractivity contribution in [2.75, 3.05) is 13.2 Å². The van der Waals surface area contributed by atoms with E-state index in [9.17, 15) is 4.79 Å². The van der Waals surface area contributed by atoms with Crippen molar-refractivity contribution in [3.8, 4) is 5.75 Å². The molecule has 0 aliphatic rings. The third-order valence-corrected chi connectivity index (χ3v) is 2.54. The summed E-state index contributed by atoms with van der Waals surface area (Å²) in [5, 5.41) is 3.22. The van der Waals surface area contributed by atoms with Gasteiger partial charge in [-0.05, 0) is 24.3 Å². The molecule has 0 spiro atoms. The van der Waals surface area contributed by atoms with E-state index in [4.69, 9.17) is 20.8 Å². The summed E-state index contributed by atoms with van der Waals surface area (Å²) in [6.07, 6.45) is 1.45. The van der Waals surface area contributed by atoms with Gasteiger partial charge in [0.2, 0.25) is 0 Å². The summed E-state index contributed by atoms with van der Waals surface area (Å²) < 4.78 is 10.4. The molecule has 0 radical (unpaired) electrons. The number of carbonyl (C=O) groups is 1. The highest BCUT2D eigenvalue weighted by atomic mass is 35.5. The fraction of sp³-hybridized carbons (Fsp3) is 0.154. The fourth-order valence-electron chi connectivity index (χ4n) is 1.38. The Labute approximate surface area is 110 Å². The number of halogens is 1. The minimum Gasteiger partial charge on any atom is -0.490 e. The van der Waals surface area contributed by atoms with Crippen molar-refractivity contribution in [1.29, 1.82) is 0 Å². The summed E-state index contributed by atoms with van der Waals surface area (Å²) in [6, 6.07) is 10.4. The summed E-state index contributed by atoms with van der Waals surface area (Å²) in [4.78, 5) is 11.5. The van der Waals surface area contributed by atoms with Gasteiger partial charge in [0.25, 0.3) is 5.91 Å². The normalized spacial score (nSPS) is 10.1. The summed E-state index contributed by atoms with van der Waals surface area (Å²) in [6.45, 7) is 0.723. The second-order valence-corrected chi connectivity index (χ2v) is 3.92. The first-order valence-corrected chi connectivity index (χ1v) is 5.84. The number of rotatable bonds is 5. The van der Waals surface area contributed by atoms with Crippen LogP contribution in [0, 0.1) is 0 Å². The van der Waals surface area contributed by atoms with Crippen LogP contribution >= 0.6 is 11.6 Å². The number of furan rings is 1. The molecule has 2 rings (SSSR count). The lowest BCUT2D eigenvalue weighted by Gasteiger charge is -2.08. The molecule has 1 amide bonds. The maximum atomic E-state index is 11.5. The Morgan fingerprint density at radius 2 is 2.11 bits per heavy atom. The van der Waals surface area contributed by atoms with Crippen molar-refractivity contribution in [2.24, 2.45) is 0 Å². The smallest absolute Gasteiger partial charge is 0.287 e. The number of hydrogen-bond acceptors (Lipinski definition) is 3. The van der Waals surface area contributed by atoms with E-state index in [0.717, 1.165) is 0 Å². The van der Waals surface area contributed by atoms with E-state index in [1.807, 2.05) is 12.1 Å². The quantitative estimate of drug-likeness (QED) is 0.846. The van der Waals surface area contributed by atoms with Gasteiger partial charge in [-0.2, -0.15) is 0 Å². The molecular formula is C13H12ClNO3. The molecule has 2 aromatic rings. The molecule has 0 aliphatic carbocycles. The molecule has 1 aromatic heterocycles. The zero-order chi connectivity index (χ0) is 12.8. The van der Waals surface area contributed by atoms with Gasteiger partial charge < -0.3 is 14.5 Å². The number of hydrogen-bond donors (Lipinski definition) is 1. The third kappa shape index (κ3) is 3.28. The average Bonchev–Trinajstić information content (AvgIpc) is 2.90. The second kappa shape index (κ2) is 6.12. The fourth-order valence-corrected chi connectivity index (χ4v) is 1.57. The van der Waals surface area contributed by atoms with E-state index >= 15 is 0 Å². The van der Waals surface area contributed by atoms with Gasteiger partial charge in [-0.15, -0.1) is 0 Å². The Morgan fingerprint density at radius 3 is 2.83 bits per heavy atom. The van der Waals surface area contributed by atoms with Crippen LogP contribution in [0.15, 0.2) is 47.1 Å². The number of benzene rings is 1. The predicted octanol–water partition coefficient (Wildman–Crippen LogP) is 2.74. The lowest BCUT2D eigenvalue weighted by atomic mass is 10.3. The number of amides is 1. The molecule has 1 heterocycles. The van der Waals surface area contributed by atoms with Gasteiger partial charge in [0, 0.05) is 0 Å². The molecule has 18 heavy (non-hydrogen) atoms. The van der Waals surface area contributed by atoms with Gasteiger partial charge in [-0.1, -0.05) is 23.7 Å². The zero-order valence-corrected chi connectivity index (χ0v) is 10.3. The summed E-state index contributed by atoms with van der Waals surface area (Å²) >= 11 is 5.92. The predicted molar refractivity (Wildman–Crippen MR) is 68.0 cm³/mol. The van der Waals surface area contributed by atoms with E-state index in [1.165, 1.54) is 6.26 Å². The van der Waals surface area contributed by atoms with E-state index < -0.39 is 0 Å². The molecule has 94 valence electrons. The first-order chi connectivity index (χ1) is 8.77. The first kappa shape index (κ1) is 12.5. The number of para-hydroxylation sites is 1. The Hall–Kier alpha value is -1.94. The van der Waals surface area contributed by atoms with Crippen LogP contribution in [0.3, 0.4) is 0 Å². The minimum absolute atomic E-state index is 0.261. The molecule has 5 heteroatoms. The van der Waals surface area contributed by atoms with Gasteiger partial charge in [0.05, 0.1) is 17.8 Å². The topological polar surface area (TPSA) is 51.5 Å². The molecule has 0 aliphatic heterocycles. The second-order valence-electron chi connectivity index (χ2n) is 3.51. The molecular weight excluding hydrogens is 254 g/mol. The molecule has 0 unspecified atom stereocenters. The van der Waals surface area contributed by atoms with Crippen LogP contribution in [-0.2, 0) is 0 Å². The summed E-state index contributed by atoms with van der Waals surface area (Å²) in [7, 11) is 0. The number of ether oxygens (including phenoxy) is 1. The van der Waals surface area contributed by atoms with Gasteiger partial charge in [0.1, 0.15) is 12.4 Å². The maximum absolute atomic E-state index is 11.5. The Morgan fingerprint density at radius 1 is 1.28 bits per heavy atom. The van der Waals surface area contributed by atoms with Gasteiger partial charge in [-0.3, -0.25) is 4.79 Å². The Balaban J connectivity index is 1.74. The Kier molecular flexibility index (Phi) is 4.25.